The first-order chi connectivity index (χ1) is 11.4. The van der Waals surface area contributed by atoms with Crippen molar-refractivity contribution in [2.24, 2.45) is 0 Å². The highest BCUT2D eigenvalue weighted by Gasteiger charge is 2.08. The van der Waals surface area contributed by atoms with Gasteiger partial charge in [0.1, 0.15) is 5.82 Å². The number of halogens is 1. The molecule has 0 spiro atoms. The first-order valence-electron chi connectivity index (χ1n) is 7.40. The minimum absolute atomic E-state index is 0.00872. The lowest BCUT2D eigenvalue weighted by molar-refractivity contribution is -0.137. The Bertz CT molecular complexity index is 733. The number of benzene rings is 1. The van der Waals surface area contributed by atoms with Crippen LogP contribution in [0.2, 0.25) is 0 Å². The molecular formula is C16H18FN3O3S. The standard InChI is InChI=1S/C16H18FN3O3S/c1-10-4-5-11(8-13(10)17)7-12-9-19-16(24-12)20-15(23)18-6-2-3-14(21)22/h4-5,8-9H,2-3,6-7H2,1H3,(H,21,22)(H2,18,19,20,23). The predicted octanol–water partition coefficient (Wildman–Crippen LogP) is 3.17. The van der Waals surface area contributed by atoms with Crippen LogP contribution < -0.4 is 10.6 Å². The zero-order valence-corrected chi connectivity index (χ0v) is 14.0. The molecule has 6 nitrogen and oxygen atoms in total. The van der Waals surface area contributed by atoms with E-state index in [-0.39, 0.29) is 18.8 Å². The molecule has 1 heterocycles. The second-order valence-corrected chi connectivity index (χ2v) is 6.39. The van der Waals surface area contributed by atoms with Crippen LogP contribution in [0.25, 0.3) is 0 Å². The second-order valence-electron chi connectivity index (χ2n) is 5.27. The van der Waals surface area contributed by atoms with E-state index in [2.05, 4.69) is 15.6 Å². The number of hydrogen-bond donors (Lipinski definition) is 3. The van der Waals surface area contributed by atoms with E-state index in [0.29, 0.717) is 23.5 Å². The molecule has 24 heavy (non-hydrogen) atoms. The SMILES string of the molecule is Cc1ccc(Cc2cnc(NC(=O)NCCCC(=O)O)s2)cc1F. The van der Waals surface area contributed by atoms with E-state index in [1.54, 1.807) is 19.2 Å². The topological polar surface area (TPSA) is 91.3 Å². The Hall–Kier alpha value is -2.48. The number of amides is 2. The smallest absolute Gasteiger partial charge is 0.321 e. The molecule has 8 heteroatoms. The summed E-state index contributed by atoms with van der Waals surface area (Å²) in [5, 5.41) is 14.1. The monoisotopic (exact) mass is 351 g/mol. The highest BCUT2D eigenvalue weighted by molar-refractivity contribution is 7.15. The summed E-state index contributed by atoms with van der Waals surface area (Å²) in [7, 11) is 0. The molecule has 0 fully saturated rings. The number of aromatic nitrogens is 1. The molecule has 0 saturated carbocycles. The highest BCUT2D eigenvalue weighted by atomic mass is 32.1. The van der Waals surface area contributed by atoms with Gasteiger partial charge in [0.2, 0.25) is 0 Å². The first kappa shape index (κ1) is 17.9. The third-order valence-corrected chi connectivity index (χ3v) is 4.15. The number of hydrogen-bond acceptors (Lipinski definition) is 4. The number of nitrogens with zero attached hydrogens (tertiary/aromatic N) is 1. The fraction of sp³-hybridized carbons (Fsp3) is 0.312. The number of carboxylic acids is 1. The molecule has 128 valence electrons. The summed E-state index contributed by atoms with van der Waals surface area (Å²) in [5.41, 5.74) is 1.44. The van der Waals surface area contributed by atoms with E-state index in [4.69, 9.17) is 5.11 Å². The molecule has 2 aromatic rings. The number of carbonyl (C=O) groups is 2. The van der Waals surface area contributed by atoms with Crippen LogP contribution in [-0.4, -0.2) is 28.6 Å². The molecule has 0 aliphatic rings. The number of nitrogens with one attached hydrogen (secondary N) is 2. The van der Waals surface area contributed by atoms with E-state index < -0.39 is 12.0 Å². The van der Waals surface area contributed by atoms with Crippen molar-refractivity contribution in [2.45, 2.75) is 26.2 Å². The number of aryl methyl sites for hydroxylation is 1. The third-order valence-electron chi connectivity index (χ3n) is 3.24. The molecule has 3 N–H and O–H groups in total. The zero-order valence-electron chi connectivity index (χ0n) is 13.1. The summed E-state index contributed by atoms with van der Waals surface area (Å²) in [6.07, 6.45) is 2.55. The van der Waals surface area contributed by atoms with Gasteiger partial charge < -0.3 is 10.4 Å². The molecular weight excluding hydrogens is 333 g/mol. The Morgan fingerprint density at radius 2 is 2.17 bits per heavy atom. The van der Waals surface area contributed by atoms with E-state index in [1.165, 1.54) is 17.4 Å². The molecule has 1 aromatic heterocycles. The van der Waals surface area contributed by atoms with Crippen molar-refractivity contribution in [1.82, 2.24) is 10.3 Å². The van der Waals surface area contributed by atoms with Crippen molar-refractivity contribution in [3.05, 3.63) is 46.2 Å². The molecule has 0 saturated heterocycles. The van der Waals surface area contributed by atoms with E-state index in [1.807, 2.05) is 6.07 Å². The number of carboxylic acid groups (broad SMARTS) is 1. The van der Waals surface area contributed by atoms with Crippen molar-refractivity contribution in [3.63, 3.8) is 0 Å². The predicted molar refractivity (Wildman–Crippen MR) is 89.9 cm³/mol. The van der Waals surface area contributed by atoms with Gasteiger partial charge in [0, 0.05) is 30.5 Å². The van der Waals surface area contributed by atoms with Crippen molar-refractivity contribution in [3.8, 4) is 0 Å². The highest BCUT2D eigenvalue weighted by Crippen LogP contribution is 2.22. The fourth-order valence-corrected chi connectivity index (χ4v) is 2.82. The molecule has 0 atom stereocenters. The lowest BCUT2D eigenvalue weighted by Crippen LogP contribution is -2.29. The Morgan fingerprint density at radius 1 is 1.38 bits per heavy atom. The lowest BCUT2D eigenvalue weighted by Gasteiger charge is -2.04. The van der Waals surface area contributed by atoms with Gasteiger partial charge in [-0.05, 0) is 30.5 Å². The summed E-state index contributed by atoms with van der Waals surface area (Å²) in [5.74, 6) is -1.13. The van der Waals surface area contributed by atoms with Gasteiger partial charge in [-0.2, -0.15) is 0 Å². The van der Waals surface area contributed by atoms with Gasteiger partial charge in [0.05, 0.1) is 0 Å². The van der Waals surface area contributed by atoms with Crippen molar-refractivity contribution in [2.75, 3.05) is 11.9 Å². The number of urea groups is 1. The van der Waals surface area contributed by atoms with Gasteiger partial charge in [0.25, 0.3) is 0 Å². The molecule has 0 unspecified atom stereocenters. The van der Waals surface area contributed by atoms with Crippen molar-refractivity contribution < 1.29 is 19.1 Å². The lowest BCUT2D eigenvalue weighted by atomic mass is 10.1. The summed E-state index contributed by atoms with van der Waals surface area (Å²) in [6, 6.07) is 4.66. The van der Waals surface area contributed by atoms with Crippen LogP contribution in [0.3, 0.4) is 0 Å². The number of anilines is 1. The van der Waals surface area contributed by atoms with Crippen LogP contribution >= 0.6 is 11.3 Å². The van der Waals surface area contributed by atoms with Gasteiger partial charge in [-0.15, -0.1) is 11.3 Å². The number of thiazole rings is 1. The van der Waals surface area contributed by atoms with Crippen LogP contribution in [0.15, 0.2) is 24.4 Å². The summed E-state index contributed by atoms with van der Waals surface area (Å²) >= 11 is 1.31. The average Bonchev–Trinajstić information content (AvgIpc) is 2.94. The molecule has 0 radical (unpaired) electrons. The molecule has 0 aliphatic carbocycles. The quantitative estimate of drug-likeness (QED) is 0.668. The third kappa shape index (κ3) is 5.62. The van der Waals surface area contributed by atoms with Gasteiger partial charge in [-0.1, -0.05) is 12.1 Å². The van der Waals surface area contributed by atoms with Gasteiger partial charge in [0.15, 0.2) is 5.13 Å². The van der Waals surface area contributed by atoms with Gasteiger partial charge in [-0.25, -0.2) is 14.2 Å². The number of rotatable bonds is 7. The van der Waals surface area contributed by atoms with Crippen LogP contribution in [0.4, 0.5) is 14.3 Å². The maximum absolute atomic E-state index is 13.5. The maximum atomic E-state index is 13.5. The number of aliphatic carboxylic acids is 1. The van der Waals surface area contributed by atoms with Crippen LogP contribution in [0, 0.1) is 12.7 Å². The average molecular weight is 351 g/mol. The minimum atomic E-state index is -0.894. The van der Waals surface area contributed by atoms with Crippen molar-refractivity contribution in [1.29, 1.82) is 0 Å². The Balaban J connectivity index is 1.83. The zero-order chi connectivity index (χ0) is 17.5. The van der Waals surface area contributed by atoms with E-state index >= 15 is 0 Å². The fourth-order valence-electron chi connectivity index (χ4n) is 1.98. The maximum Gasteiger partial charge on any atom is 0.321 e. The van der Waals surface area contributed by atoms with Crippen LogP contribution in [0.1, 0.15) is 28.8 Å². The van der Waals surface area contributed by atoms with Gasteiger partial charge >= 0.3 is 12.0 Å². The molecule has 2 amide bonds. The largest absolute Gasteiger partial charge is 0.481 e. The molecule has 0 aliphatic heterocycles. The summed E-state index contributed by atoms with van der Waals surface area (Å²) in [6.45, 7) is 1.99. The summed E-state index contributed by atoms with van der Waals surface area (Å²) in [4.78, 5) is 27.0. The summed E-state index contributed by atoms with van der Waals surface area (Å²) < 4.78 is 13.5. The molecule has 1 aromatic carbocycles. The second kappa shape index (κ2) is 8.39. The minimum Gasteiger partial charge on any atom is -0.481 e. The van der Waals surface area contributed by atoms with Crippen LogP contribution in [0.5, 0.6) is 0 Å². The van der Waals surface area contributed by atoms with Gasteiger partial charge in [-0.3, -0.25) is 10.1 Å². The van der Waals surface area contributed by atoms with Crippen molar-refractivity contribution >= 4 is 28.5 Å². The van der Waals surface area contributed by atoms with Crippen LogP contribution in [-0.2, 0) is 11.2 Å². The van der Waals surface area contributed by atoms with E-state index in [0.717, 1.165) is 10.4 Å². The Kier molecular flexibility index (Phi) is 6.25. The number of carbonyl (C=O) groups excluding carboxylic acids is 1. The first-order valence-corrected chi connectivity index (χ1v) is 8.22. The van der Waals surface area contributed by atoms with E-state index in [9.17, 15) is 14.0 Å². The Morgan fingerprint density at radius 3 is 2.88 bits per heavy atom. The Labute approximate surface area is 142 Å². The molecule has 2 rings (SSSR count). The normalized spacial score (nSPS) is 10.4. The molecule has 0 bridgehead atoms.